The van der Waals surface area contributed by atoms with E-state index < -0.39 is 35.7 Å². The number of carbonyl (C=O) groups is 3. The Bertz CT molecular complexity index is 1030. The summed E-state index contributed by atoms with van der Waals surface area (Å²) in [6.45, 7) is 6.67. The predicted molar refractivity (Wildman–Crippen MR) is 108 cm³/mol. The van der Waals surface area contributed by atoms with Crippen molar-refractivity contribution in [3.8, 4) is 11.5 Å². The van der Waals surface area contributed by atoms with Gasteiger partial charge in [0.25, 0.3) is 0 Å². The Balaban J connectivity index is 1.67. The SMILES string of the molecule is C=COC(=O)N1CC[C@]23c4c5ccc(OC(C)=O)c4O[C@H]2[C@@H](OC(C)=O)C=C[C@H]3[C@H]1C5. The molecule has 0 aromatic heterocycles. The number of nitrogens with zero attached hydrogens (tertiary/aromatic N) is 1. The van der Waals surface area contributed by atoms with E-state index in [1.807, 2.05) is 18.2 Å². The van der Waals surface area contributed by atoms with Crippen LogP contribution in [0.25, 0.3) is 0 Å². The van der Waals surface area contributed by atoms with Crippen LogP contribution in [0.2, 0.25) is 0 Å². The van der Waals surface area contributed by atoms with Gasteiger partial charge in [0.05, 0.1) is 11.7 Å². The highest BCUT2D eigenvalue weighted by molar-refractivity contribution is 5.74. The molecule has 1 aromatic carbocycles. The molecule has 1 amide bonds. The summed E-state index contributed by atoms with van der Waals surface area (Å²) in [5.74, 6) is 0.000993. The first kappa shape index (κ1) is 19.7. The number of rotatable bonds is 3. The monoisotopic (exact) mass is 425 g/mol. The van der Waals surface area contributed by atoms with Crippen molar-refractivity contribution in [2.75, 3.05) is 6.54 Å². The number of piperidine rings is 1. The van der Waals surface area contributed by atoms with Gasteiger partial charge in [-0.2, -0.15) is 0 Å². The maximum Gasteiger partial charge on any atom is 0.414 e. The molecule has 1 fully saturated rings. The van der Waals surface area contributed by atoms with Crippen LogP contribution in [-0.4, -0.2) is 47.7 Å². The smallest absolute Gasteiger partial charge is 0.414 e. The fraction of sp³-hybridized carbons (Fsp3) is 0.435. The van der Waals surface area contributed by atoms with Gasteiger partial charge in [-0.3, -0.25) is 9.59 Å². The molecule has 5 rings (SSSR count). The number of ether oxygens (including phenoxy) is 4. The molecule has 0 radical (unpaired) electrons. The lowest BCUT2D eigenvalue weighted by atomic mass is 9.53. The first-order valence-corrected chi connectivity index (χ1v) is 10.3. The van der Waals surface area contributed by atoms with Gasteiger partial charge in [-0.15, -0.1) is 0 Å². The van der Waals surface area contributed by atoms with E-state index in [1.54, 1.807) is 11.0 Å². The van der Waals surface area contributed by atoms with Crippen molar-refractivity contribution in [3.05, 3.63) is 48.3 Å². The zero-order valence-corrected chi connectivity index (χ0v) is 17.3. The number of hydrogen-bond donors (Lipinski definition) is 0. The molecule has 2 heterocycles. The fourth-order valence-electron chi connectivity index (χ4n) is 5.92. The van der Waals surface area contributed by atoms with Crippen LogP contribution in [-0.2, 0) is 30.9 Å². The van der Waals surface area contributed by atoms with Crippen molar-refractivity contribution < 1.29 is 33.3 Å². The Morgan fingerprint density at radius 2 is 2.03 bits per heavy atom. The van der Waals surface area contributed by atoms with Gasteiger partial charge in [0, 0.05) is 37.9 Å². The molecule has 0 unspecified atom stereocenters. The largest absolute Gasteiger partial charge is 0.481 e. The highest BCUT2D eigenvalue weighted by Crippen LogP contribution is 2.63. The molecular weight excluding hydrogens is 402 g/mol. The molecule has 1 saturated heterocycles. The van der Waals surface area contributed by atoms with Crippen LogP contribution in [0.15, 0.2) is 37.1 Å². The van der Waals surface area contributed by atoms with Crippen molar-refractivity contribution in [2.24, 2.45) is 5.92 Å². The Kier molecular flexibility index (Phi) is 4.35. The summed E-state index contributed by atoms with van der Waals surface area (Å²) in [7, 11) is 0. The lowest BCUT2D eigenvalue weighted by Crippen LogP contribution is -2.66. The number of hydrogen-bond acceptors (Lipinski definition) is 7. The molecule has 2 aliphatic carbocycles. The number of carbonyl (C=O) groups excluding carboxylic acids is 3. The van der Waals surface area contributed by atoms with E-state index >= 15 is 0 Å². The molecule has 2 bridgehead atoms. The van der Waals surface area contributed by atoms with Gasteiger partial charge in [0.1, 0.15) is 6.10 Å². The maximum atomic E-state index is 12.6. The number of amides is 1. The lowest BCUT2D eigenvalue weighted by molar-refractivity contribution is -0.152. The van der Waals surface area contributed by atoms with Crippen molar-refractivity contribution >= 4 is 18.0 Å². The second-order valence-corrected chi connectivity index (χ2v) is 8.35. The summed E-state index contributed by atoms with van der Waals surface area (Å²) in [6.07, 6.45) is 4.73. The molecule has 0 N–H and O–H groups in total. The van der Waals surface area contributed by atoms with E-state index in [2.05, 4.69) is 6.58 Å². The predicted octanol–water partition coefficient (Wildman–Crippen LogP) is 2.64. The third-order valence-electron chi connectivity index (χ3n) is 6.81. The molecule has 5 atom stereocenters. The van der Waals surface area contributed by atoms with E-state index in [0.717, 1.165) is 17.4 Å². The number of likely N-dealkylation sites (tertiary alicyclic amines) is 1. The van der Waals surface area contributed by atoms with Crippen LogP contribution in [0.3, 0.4) is 0 Å². The topological polar surface area (TPSA) is 91.4 Å². The first-order valence-electron chi connectivity index (χ1n) is 10.3. The Labute approximate surface area is 179 Å². The molecule has 1 spiro atoms. The van der Waals surface area contributed by atoms with Gasteiger partial charge >= 0.3 is 18.0 Å². The van der Waals surface area contributed by atoms with Crippen LogP contribution < -0.4 is 9.47 Å². The van der Waals surface area contributed by atoms with E-state index in [9.17, 15) is 14.4 Å². The molecule has 2 aliphatic heterocycles. The standard InChI is InChI=1S/C23H23NO7/c1-4-28-22(27)24-10-9-23-15-6-8-18(30-13(3)26)21(23)31-20-17(29-12(2)25)7-5-14(19(20)23)11-16(15)24/h4-8,15-16,18,21H,1,9-11H2,2-3H3/t15-,16+,18-,21-,23-/m0/s1. The average Bonchev–Trinajstić information content (AvgIpc) is 3.05. The Morgan fingerprint density at radius 3 is 2.74 bits per heavy atom. The molecule has 0 saturated carbocycles. The molecule has 1 aromatic rings. The van der Waals surface area contributed by atoms with Crippen LogP contribution in [0, 0.1) is 5.92 Å². The summed E-state index contributed by atoms with van der Waals surface area (Å²) >= 11 is 0. The van der Waals surface area contributed by atoms with Crippen LogP contribution in [0.1, 0.15) is 31.4 Å². The Hall–Kier alpha value is -3.29. The molecule has 4 aliphatic rings. The van der Waals surface area contributed by atoms with E-state index in [-0.39, 0.29) is 12.0 Å². The Morgan fingerprint density at radius 1 is 1.23 bits per heavy atom. The molecule has 162 valence electrons. The minimum absolute atomic E-state index is 0.0586. The van der Waals surface area contributed by atoms with Crippen molar-refractivity contribution in [3.63, 3.8) is 0 Å². The normalized spacial score (nSPS) is 31.2. The van der Waals surface area contributed by atoms with E-state index in [4.69, 9.17) is 18.9 Å². The third kappa shape index (κ3) is 2.70. The lowest BCUT2D eigenvalue weighted by Gasteiger charge is -2.56. The average molecular weight is 425 g/mol. The summed E-state index contributed by atoms with van der Waals surface area (Å²) in [4.78, 5) is 37.8. The summed E-state index contributed by atoms with van der Waals surface area (Å²) in [6, 6.07) is 3.51. The van der Waals surface area contributed by atoms with Crippen LogP contribution in [0.4, 0.5) is 4.79 Å². The van der Waals surface area contributed by atoms with E-state index in [0.29, 0.717) is 30.9 Å². The van der Waals surface area contributed by atoms with Crippen molar-refractivity contribution in [2.45, 2.75) is 50.4 Å². The summed E-state index contributed by atoms with van der Waals surface area (Å²) in [5, 5.41) is 0. The van der Waals surface area contributed by atoms with Gasteiger partial charge in [-0.1, -0.05) is 18.7 Å². The van der Waals surface area contributed by atoms with Crippen molar-refractivity contribution in [1.29, 1.82) is 0 Å². The summed E-state index contributed by atoms with van der Waals surface area (Å²) < 4.78 is 22.5. The minimum Gasteiger partial charge on any atom is -0.481 e. The number of esters is 2. The minimum atomic E-state index is -0.579. The van der Waals surface area contributed by atoms with Crippen molar-refractivity contribution in [1.82, 2.24) is 4.90 Å². The zero-order chi connectivity index (χ0) is 21.9. The van der Waals surface area contributed by atoms with Gasteiger partial charge in [-0.25, -0.2) is 4.79 Å². The number of benzene rings is 1. The molecular formula is C23H23NO7. The molecule has 8 nitrogen and oxygen atoms in total. The highest BCUT2D eigenvalue weighted by atomic mass is 16.6. The summed E-state index contributed by atoms with van der Waals surface area (Å²) in [5.41, 5.74) is 1.53. The fourth-order valence-corrected chi connectivity index (χ4v) is 5.92. The molecule has 8 heteroatoms. The van der Waals surface area contributed by atoms with E-state index in [1.165, 1.54) is 13.8 Å². The van der Waals surface area contributed by atoms with Gasteiger partial charge in [0.15, 0.2) is 17.6 Å². The zero-order valence-electron chi connectivity index (χ0n) is 17.3. The molecule has 31 heavy (non-hydrogen) atoms. The van der Waals surface area contributed by atoms with Gasteiger partial charge in [-0.05, 0) is 30.5 Å². The third-order valence-corrected chi connectivity index (χ3v) is 6.81. The highest BCUT2D eigenvalue weighted by Gasteiger charge is 2.66. The maximum absolute atomic E-state index is 12.6. The van der Waals surface area contributed by atoms with Crippen LogP contribution >= 0.6 is 0 Å². The second kappa shape index (κ2) is 6.87. The van der Waals surface area contributed by atoms with Gasteiger partial charge in [0.2, 0.25) is 0 Å². The first-order chi connectivity index (χ1) is 14.9. The van der Waals surface area contributed by atoms with Crippen LogP contribution in [0.5, 0.6) is 11.5 Å². The second-order valence-electron chi connectivity index (χ2n) is 8.35. The quantitative estimate of drug-likeness (QED) is 0.318. The van der Waals surface area contributed by atoms with Gasteiger partial charge < -0.3 is 23.8 Å².